The van der Waals surface area contributed by atoms with Gasteiger partial charge in [-0.2, -0.15) is 26.3 Å². The lowest BCUT2D eigenvalue weighted by Gasteiger charge is -2.56. The number of ether oxygens (including phenoxy) is 3. The first-order valence-corrected chi connectivity index (χ1v) is 19.5. The summed E-state index contributed by atoms with van der Waals surface area (Å²) in [6.45, 7) is 0. The van der Waals surface area contributed by atoms with Gasteiger partial charge in [0.25, 0.3) is 0 Å². The number of alkyl halides is 6. The minimum absolute atomic E-state index is 0.252. The number of hydrogen-bond donors (Lipinski definition) is 0. The first kappa shape index (κ1) is 29.4. The first-order valence-electron chi connectivity index (χ1n) is 16.3. The fourth-order valence-electron chi connectivity index (χ4n) is 14.9. The maximum Gasteiger partial charge on any atom is 0.418 e. The zero-order valence-electron chi connectivity index (χ0n) is 24.0. The second-order valence-corrected chi connectivity index (χ2v) is 19.4. The molecule has 0 radical (unpaired) electrons. The highest BCUT2D eigenvalue weighted by molar-refractivity contribution is 9.13. The van der Waals surface area contributed by atoms with Gasteiger partial charge in [0.15, 0.2) is 11.2 Å². The highest BCUT2D eigenvalue weighted by atomic mass is 79.9. The molecule has 6 aliphatic heterocycles. The van der Waals surface area contributed by atoms with Crippen LogP contribution in [0.5, 0.6) is 0 Å². The van der Waals surface area contributed by atoms with Crippen molar-refractivity contribution in [3.05, 3.63) is 64.4 Å². The van der Waals surface area contributed by atoms with Gasteiger partial charge in [0.2, 0.25) is 0 Å². The molecule has 0 N–H and O–H groups in total. The Labute approximate surface area is 298 Å². The van der Waals surface area contributed by atoms with Crippen molar-refractivity contribution in [1.29, 1.82) is 0 Å². The van der Waals surface area contributed by atoms with Crippen molar-refractivity contribution < 1.29 is 40.6 Å². The molecule has 0 aromatic heterocycles. The first-order chi connectivity index (χ1) is 22.2. The Kier molecular flexibility index (Phi) is 5.24. The van der Waals surface area contributed by atoms with E-state index < -0.39 is 95.3 Å². The highest BCUT2D eigenvalue weighted by Gasteiger charge is 2.97. The fourth-order valence-corrected chi connectivity index (χ4v) is 16.3. The van der Waals surface area contributed by atoms with Gasteiger partial charge in [-0.15, -0.1) is 0 Å². The lowest BCUT2D eigenvalue weighted by molar-refractivity contribution is -0.330. The quantitative estimate of drug-likeness (QED) is 0.247. The Morgan fingerprint density at radius 1 is 0.489 bits per heavy atom. The topological polar surface area (TPSA) is 27.7 Å². The highest BCUT2D eigenvalue weighted by Crippen LogP contribution is 2.89. The van der Waals surface area contributed by atoms with E-state index in [-0.39, 0.29) is 23.7 Å². The summed E-state index contributed by atoms with van der Waals surface area (Å²) in [5.74, 6) is -8.16. The number of rotatable bonds is 0. The molecule has 4 saturated heterocycles. The molecule has 4 saturated carbocycles. The normalized spacial score (nSPS) is 53.9. The SMILES string of the molecule is FC(F)(F)C12OC(C(F)(F)F)(C3C1[C@H]1C[C@H]3[C@@H]3C4OC(c5cc(Br)c(Br)cc54)[C@@H]31)C1C2[C@@H]2C[C@@H]1[C@H]1C3OC(c4cc(Br)c(Br)cc43)[C@H]12. The zero-order valence-corrected chi connectivity index (χ0v) is 30.3. The molecular formula is C34H24Br4F6O3. The lowest BCUT2D eigenvalue weighted by Crippen LogP contribution is -2.66. The molecule has 10 unspecified atom stereocenters. The third kappa shape index (κ3) is 2.85. The summed E-state index contributed by atoms with van der Waals surface area (Å²) in [4.78, 5) is 0. The van der Waals surface area contributed by atoms with E-state index in [2.05, 4.69) is 63.7 Å². The van der Waals surface area contributed by atoms with Crippen LogP contribution in [0.2, 0.25) is 0 Å². The van der Waals surface area contributed by atoms with Gasteiger partial charge < -0.3 is 14.2 Å². The molecule has 12 rings (SSSR count). The summed E-state index contributed by atoms with van der Waals surface area (Å²) < 4.78 is 119. The average Bonchev–Trinajstić information content (AvgIpc) is 3.83. The molecule has 0 spiro atoms. The van der Waals surface area contributed by atoms with Gasteiger partial charge in [0.05, 0.1) is 24.4 Å². The van der Waals surface area contributed by atoms with Crippen LogP contribution in [0.1, 0.15) is 59.5 Å². The molecule has 2 aromatic rings. The molecule has 47 heavy (non-hydrogen) atoms. The van der Waals surface area contributed by atoms with E-state index in [4.69, 9.17) is 14.2 Å². The second kappa shape index (κ2) is 8.38. The summed E-state index contributed by atoms with van der Waals surface area (Å²) in [6.07, 6.45) is -10.8. The van der Waals surface area contributed by atoms with Crippen LogP contribution in [-0.2, 0) is 14.2 Å². The van der Waals surface area contributed by atoms with Crippen molar-refractivity contribution in [2.45, 2.75) is 60.8 Å². The third-order valence-corrected chi connectivity index (χ3v) is 18.9. The van der Waals surface area contributed by atoms with Crippen LogP contribution in [-0.4, -0.2) is 23.6 Å². The molecule has 2 aromatic carbocycles. The molecule has 18 atom stereocenters. The molecule has 248 valence electrons. The van der Waals surface area contributed by atoms with Gasteiger partial charge in [0, 0.05) is 41.6 Å². The van der Waals surface area contributed by atoms with E-state index in [9.17, 15) is 0 Å². The Morgan fingerprint density at radius 2 is 0.745 bits per heavy atom. The molecule has 10 aliphatic rings. The Morgan fingerprint density at radius 3 is 0.979 bits per heavy atom. The number of halogens is 10. The summed E-state index contributed by atoms with van der Waals surface area (Å²) in [5.41, 5.74) is -1.88. The summed E-state index contributed by atoms with van der Waals surface area (Å²) in [6, 6.07) is 7.86. The van der Waals surface area contributed by atoms with Gasteiger partial charge >= 0.3 is 12.4 Å². The number of benzene rings is 2. The fraction of sp³-hybridized carbons (Fsp3) is 0.647. The minimum atomic E-state index is -4.95. The zero-order chi connectivity index (χ0) is 32.2. The summed E-state index contributed by atoms with van der Waals surface area (Å²) >= 11 is 14.2. The van der Waals surface area contributed by atoms with Crippen molar-refractivity contribution >= 4 is 63.7 Å². The Hall–Kier alpha value is -0.180. The van der Waals surface area contributed by atoms with Crippen LogP contribution in [0.4, 0.5) is 26.3 Å². The van der Waals surface area contributed by atoms with Gasteiger partial charge in [-0.25, -0.2) is 0 Å². The van der Waals surface area contributed by atoms with Crippen LogP contribution in [0.15, 0.2) is 42.2 Å². The van der Waals surface area contributed by atoms with E-state index in [0.29, 0.717) is 12.8 Å². The van der Waals surface area contributed by atoms with E-state index in [0.717, 1.165) is 40.1 Å². The van der Waals surface area contributed by atoms with E-state index in [1.165, 1.54) is 0 Å². The Balaban J connectivity index is 1.04. The predicted octanol–water partition coefficient (Wildman–Crippen LogP) is 10.6. The molecule has 0 amide bonds. The van der Waals surface area contributed by atoms with Crippen LogP contribution in [0.3, 0.4) is 0 Å². The molecule has 10 bridgehead atoms. The molecular weight excluding hydrogens is 890 g/mol. The lowest BCUT2D eigenvalue weighted by atomic mass is 9.45. The van der Waals surface area contributed by atoms with Crippen molar-refractivity contribution in [2.75, 3.05) is 0 Å². The summed E-state index contributed by atoms with van der Waals surface area (Å²) in [7, 11) is 0. The van der Waals surface area contributed by atoms with Crippen molar-refractivity contribution in [3.63, 3.8) is 0 Å². The second-order valence-electron chi connectivity index (χ2n) is 16.0. The van der Waals surface area contributed by atoms with E-state index >= 15 is 26.3 Å². The maximum absolute atomic E-state index is 16.1. The smallest absolute Gasteiger partial charge is 0.365 e. The van der Waals surface area contributed by atoms with Gasteiger partial charge in [-0.3, -0.25) is 0 Å². The van der Waals surface area contributed by atoms with E-state index in [1.807, 2.05) is 24.3 Å². The molecule has 13 heteroatoms. The van der Waals surface area contributed by atoms with Crippen molar-refractivity contribution in [1.82, 2.24) is 0 Å². The van der Waals surface area contributed by atoms with Crippen LogP contribution in [0.25, 0.3) is 0 Å². The summed E-state index contributed by atoms with van der Waals surface area (Å²) in [5, 5.41) is 0. The van der Waals surface area contributed by atoms with Crippen LogP contribution < -0.4 is 0 Å². The molecule has 8 fully saturated rings. The predicted molar refractivity (Wildman–Crippen MR) is 167 cm³/mol. The molecule has 4 aliphatic carbocycles. The molecule has 6 heterocycles. The van der Waals surface area contributed by atoms with Gasteiger partial charge in [-0.1, -0.05) is 0 Å². The maximum atomic E-state index is 16.1. The number of hydrogen-bond acceptors (Lipinski definition) is 3. The van der Waals surface area contributed by atoms with E-state index in [1.54, 1.807) is 0 Å². The van der Waals surface area contributed by atoms with Crippen molar-refractivity contribution in [3.8, 4) is 0 Å². The Bertz CT molecular complexity index is 1630. The van der Waals surface area contributed by atoms with Crippen LogP contribution >= 0.6 is 63.7 Å². The monoisotopic (exact) mass is 910 g/mol. The molecule has 3 nitrogen and oxygen atoms in total. The van der Waals surface area contributed by atoms with Gasteiger partial charge in [-0.05, 0) is 170 Å². The average molecular weight is 914 g/mol. The van der Waals surface area contributed by atoms with Crippen LogP contribution in [0, 0.1) is 71.0 Å². The standard InChI is InChI=1S/C34H24Br4F6O3/c35-15-3-7-8(4-16(15)36)28-20-12-1-11(19(20)27(7)45-28)23-24(12)32(34(42,43)44)26-14-2-13(25(26)31(23,47-32)33(39,40)41)21-22(14)30-10-6-18(38)17(37)5-9(10)29(21)46-30/h3-6,11-14,19-30H,1-2H2/t11-,12-,13+,14+,19-,20+,21+,22-,23?,24?,25?,26?,27?,28?,29?,30?,31?,32?. The van der Waals surface area contributed by atoms with Gasteiger partial charge in [0.1, 0.15) is 0 Å². The third-order valence-electron chi connectivity index (χ3n) is 15.2. The minimum Gasteiger partial charge on any atom is -0.365 e. The largest absolute Gasteiger partial charge is 0.418 e. The van der Waals surface area contributed by atoms with Crippen molar-refractivity contribution in [2.24, 2.45) is 71.0 Å². The number of fused-ring (bicyclic) bond motifs is 36.